The minimum Gasteiger partial charge on any atom is -0.496 e. The van der Waals surface area contributed by atoms with Gasteiger partial charge in [0, 0.05) is 30.8 Å². The SMILES string of the molecule is COc1ccccc1CNC(=O)[C@@H](C)OC(=O)c1ccc(N2CCCC2=O)cc1. The maximum absolute atomic E-state index is 12.3. The molecule has 7 nitrogen and oxygen atoms in total. The average Bonchev–Trinajstić information content (AvgIpc) is 3.18. The number of esters is 1. The smallest absolute Gasteiger partial charge is 0.338 e. The molecule has 0 spiro atoms. The molecule has 152 valence electrons. The number of hydrogen-bond donors (Lipinski definition) is 1. The summed E-state index contributed by atoms with van der Waals surface area (Å²) in [4.78, 5) is 38.1. The summed E-state index contributed by atoms with van der Waals surface area (Å²) in [5.41, 5.74) is 1.91. The normalized spacial score (nSPS) is 14.4. The molecule has 0 aliphatic carbocycles. The molecule has 3 rings (SSSR count). The summed E-state index contributed by atoms with van der Waals surface area (Å²) in [7, 11) is 1.57. The Morgan fingerprint density at radius 3 is 2.52 bits per heavy atom. The molecule has 0 bridgehead atoms. The molecule has 2 aromatic carbocycles. The molecule has 1 aliphatic heterocycles. The summed E-state index contributed by atoms with van der Waals surface area (Å²) in [5, 5.41) is 2.74. The Morgan fingerprint density at radius 2 is 1.86 bits per heavy atom. The number of hydrogen-bond acceptors (Lipinski definition) is 5. The number of carbonyl (C=O) groups is 3. The van der Waals surface area contributed by atoms with Crippen molar-refractivity contribution in [3.63, 3.8) is 0 Å². The van der Waals surface area contributed by atoms with Crippen LogP contribution in [0.15, 0.2) is 48.5 Å². The van der Waals surface area contributed by atoms with Gasteiger partial charge in [0.1, 0.15) is 5.75 Å². The van der Waals surface area contributed by atoms with Gasteiger partial charge in [-0.15, -0.1) is 0 Å². The fourth-order valence-corrected chi connectivity index (χ4v) is 3.16. The van der Waals surface area contributed by atoms with Crippen molar-refractivity contribution in [2.24, 2.45) is 0 Å². The zero-order valence-electron chi connectivity index (χ0n) is 16.5. The second kappa shape index (κ2) is 9.23. The minimum atomic E-state index is -0.947. The number of nitrogens with zero attached hydrogens (tertiary/aromatic N) is 1. The Labute approximate surface area is 169 Å². The van der Waals surface area contributed by atoms with E-state index in [1.807, 2.05) is 24.3 Å². The van der Waals surface area contributed by atoms with Crippen LogP contribution in [-0.4, -0.2) is 37.5 Å². The van der Waals surface area contributed by atoms with Gasteiger partial charge < -0.3 is 19.7 Å². The Balaban J connectivity index is 1.54. The van der Waals surface area contributed by atoms with Crippen LogP contribution in [0.25, 0.3) is 0 Å². The van der Waals surface area contributed by atoms with Gasteiger partial charge in [-0.25, -0.2) is 4.79 Å². The van der Waals surface area contributed by atoms with E-state index in [0.29, 0.717) is 24.3 Å². The number of ether oxygens (including phenoxy) is 2. The molecule has 1 heterocycles. The maximum atomic E-state index is 12.3. The summed E-state index contributed by atoms with van der Waals surface area (Å²) < 4.78 is 10.5. The number of para-hydroxylation sites is 1. The third-order valence-electron chi connectivity index (χ3n) is 4.79. The first-order valence-electron chi connectivity index (χ1n) is 9.50. The van der Waals surface area contributed by atoms with Gasteiger partial charge in [0.05, 0.1) is 12.7 Å². The molecule has 1 N–H and O–H groups in total. The highest BCUT2D eigenvalue weighted by atomic mass is 16.5. The largest absolute Gasteiger partial charge is 0.496 e. The van der Waals surface area contributed by atoms with Crippen LogP contribution >= 0.6 is 0 Å². The molecule has 1 aliphatic rings. The van der Waals surface area contributed by atoms with E-state index in [4.69, 9.17) is 9.47 Å². The van der Waals surface area contributed by atoms with Crippen molar-refractivity contribution in [2.45, 2.75) is 32.4 Å². The molecule has 1 fully saturated rings. The van der Waals surface area contributed by atoms with E-state index in [0.717, 1.165) is 17.7 Å². The molecule has 0 unspecified atom stereocenters. The van der Waals surface area contributed by atoms with Crippen molar-refractivity contribution in [1.29, 1.82) is 0 Å². The van der Waals surface area contributed by atoms with Gasteiger partial charge >= 0.3 is 5.97 Å². The van der Waals surface area contributed by atoms with Gasteiger partial charge in [-0.1, -0.05) is 18.2 Å². The number of nitrogens with one attached hydrogen (secondary N) is 1. The molecule has 7 heteroatoms. The van der Waals surface area contributed by atoms with Crippen molar-refractivity contribution in [3.05, 3.63) is 59.7 Å². The number of carbonyl (C=O) groups excluding carboxylic acids is 3. The highest BCUT2D eigenvalue weighted by Crippen LogP contribution is 2.22. The van der Waals surface area contributed by atoms with Gasteiger partial charge in [-0.3, -0.25) is 9.59 Å². The first-order valence-corrected chi connectivity index (χ1v) is 9.50. The van der Waals surface area contributed by atoms with Crippen LogP contribution in [0.2, 0.25) is 0 Å². The van der Waals surface area contributed by atoms with E-state index < -0.39 is 18.0 Å². The summed E-state index contributed by atoms with van der Waals surface area (Å²) in [6.45, 7) is 2.47. The first-order chi connectivity index (χ1) is 14.0. The molecule has 0 aromatic heterocycles. The Hall–Kier alpha value is -3.35. The topological polar surface area (TPSA) is 84.9 Å². The Morgan fingerprint density at radius 1 is 1.14 bits per heavy atom. The summed E-state index contributed by atoms with van der Waals surface area (Å²) >= 11 is 0. The number of benzene rings is 2. The van der Waals surface area contributed by atoms with Crippen LogP contribution in [-0.2, 0) is 20.9 Å². The van der Waals surface area contributed by atoms with Crippen LogP contribution in [0.4, 0.5) is 5.69 Å². The summed E-state index contributed by atoms with van der Waals surface area (Å²) in [6.07, 6.45) is 0.437. The second-order valence-corrected chi connectivity index (χ2v) is 6.77. The molecular weight excluding hydrogens is 372 g/mol. The van der Waals surface area contributed by atoms with E-state index in [1.54, 1.807) is 36.3 Å². The van der Waals surface area contributed by atoms with Gasteiger partial charge in [0.15, 0.2) is 6.10 Å². The monoisotopic (exact) mass is 396 g/mol. The van der Waals surface area contributed by atoms with Crippen molar-refractivity contribution in [3.8, 4) is 5.75 Å². The van der Waals surface area contributed by atoms with Crippen LogP contribution in [0, 0.1) is 0 Å². The molecule has 0 saturated carbocycles. The lowest BCUT2D eigenvalue weighted by atomic mass is 10.2. The lowest BCUT2D eigenvalue weighted by molar-refractivity contribution is -0.129. The second-order valence-electron chi connectivity index (χ2n) is 6.77. The molecule has 1 atom stereocenters. The van der Waals surface area contributed by atoms with E-state index in [9.17, 15) is 14.4 Å². The predicted molar refractivity (Wildman–Crippen MR) is 108 cm³/mol. The van der Waals surface area contributed by atoms with Crippen molar-refractivity contribution < 1.29 is 23.9 Å². The van der Waals surface area contributed by atoms with E-state index >= 15 is 0 Å². The molecule has 29 heavy (non-hydrogen) atoms. The predicted octanol–water partition coefficient (Wildman–Crippen LogP) is 2.68. The lowest BCUT2D eigenvalue weighted by Gasteiger charge is -2.17. The summed E-state index contributed by atoms with van der Waals surface area (Å²) in [6, 6.07) is 14.0. The molecule has 0 radical (unpaired) electrons. The van der Waals surface area contributed by atoms with Crippen molar-refractivity contribution >= 4 is 23.5 Å². The number of anilines is 1. The summed E-state index contributed by atoms with van der Waals surface area (Å²) in [5.74, 6) is -0.234. The average molecular weight is 396 g/mol. The highest BCUT2D eigenvalue weighted by Gasteiger charge is 2.23. The molecular formula is C22H24N2O5. The number of rotatable bonds is 7. The van der Waals surface area contributed by atoms with Crippen LogP contribution in [0.1, 0.15) is 35.7 Å². The number of amides is 2. The van der Waals surface area contributed by atoms with Gasteiger partial charge in [0.25, 0.3) is 5.91 Å². The fourth-order valence-electron chi connectivity index (χ4n) is 3.16. The lowest BCUT2D eigenvalue weighted by Crippen LogP contribution is -2.35. The van der Waals surface area contributed by atoms with Gasteiger partial charge in [-0.05, 0) is 43.7 Å². The molecule has 2 amide bonds. The minimum absolute atomic E-state index is 0.0840. The third kappa shape index (κ3) is 4.93. The van der Waals surface area contributed by atoms with E-state index in [2.05, 4.69) is 5.32 Å². The quantitative estimate of drug-likeness (QED) is 0.728. The molecule has 1 saturated heterocycles. The van der Waals surface area contributed by atoms with Gasteiger partial charge in [0.2, 0.25) is 5.91 Å². The zero-order valence-corrected chi connectivity index (χ0v) is 16.5. The Bertz CT molecular complexity index is 894. The maximum Gasteiger partial charge on any atom is 0.338 e. The zero-order chi connectivity index (χ0) is 20.8. The Kier molecular flexibility index (Phi) is 6.49. The van der Waals surface area contributed by atoms with Crippen LogP contribution in [0.3, 0.4) is 0 Å². The highest BCUT2D eigenvalue weighted by molar-refractivity contribution is 5.96. The number of methoxy groups -OCH3 is 1. The third-order valence-corrected chi connectivity index (χ3v) is 4.79. The van der Waals surface area contributed by atoms with Gasteiger partial charge in [-0.2, -0.15) is 0 Å². The standard InChI is InChI=1S/C22H24N2O5/c1-15(21(26)23-14-17-6-3-4-7-19(17)28-2)29-22(27)16-9-11-18(12-10-16)24-13-5-8-20(24)25/h3-4,6-7,9-12,15H,5,8,13-14H2,1-2H3,(H,23,26)/t15-/m1/s1. The van der Waals surface area contributed by atoms with E-state index in [1.165, 1.54) is 6.92 Å². The molecule has 2 aromatic rings. The van der Waals surface area contributed by atoms with Crippen LogP contribution < -0.4 is 15.0 Å². The van der Waals surface area contributed by atoms with E-state index in [-0.39, 0.29) is 12.5 Å². The van der Waals surface area contributed by atoms with Crippen molar-refractivity contribution in [2.75, 3.05) is 18.6 Å². The van der Waals surface area contributed by atoms with Crippen LogP contribution in [0.5, 0.6) is 5.75 Å². The van der Waals surface area contributed by atoms with Crippen molar-refractivity contribution in [1.82, 2.24) is 5.32 Å². The fraction of sp³-hybridized carbons (Fsp3) is 0.318. The first kappa shape index (κ1) is 20.4.